The molecule has 2 N–H and O–H groups in total. The Hall–Kier alpha value is -3.84. The normalized spacial score (nSPS) is 17.4. The van der Waals surface area contributed by atoms with Gasteiger partial charge in [0.1, 0.15) is 18.1 Å². The summed E-state index contributed by atoms with van der Waals surface area (Å²) in [5.74, 6) is 1.58. The fourth-order valence-electron chi connectivity index (χ4n) is 6.10. The third-order valence-electron chi connectivity index (χ3n) is 8.24. The van der Waals surface area contributed by atoms with Crippen molar-refractivity contribution in [1.82, 2.24) is 25.1 Å². The van der Waals surface area contributed by atoms with Gasteiger partial charge in [0.2, 0.25) is 0 Å². The van der Waals surface area contributed by atoms with E-state index in [2.05, 4.69) is 55.3 Å². The van der Waals surface area contributed by atoms with Gasteiger partial charge in [0.15, 0.2) is 5.82 Å². The monoisotopic (exact) mass is 506 g/mol. The minimum absolute atomic E-state index is 0.530. The number of H-pyrrole nitrogens is 2. The molecule has 0 amide bonds. The summed E-state index contributed by atoms with van der Waals surface area (Å²) in [6.45, 7) is 5.01. The Bertz CT molecular complexity index is 1530. The molecular weight excluding hydrogens is 472 g/mol. The number of aromatic amines is 2. The number of hydrogen-bond acceptors (Lipinski definition) is 5. The van der Waals surface area contributed by atoms with E-state index in [0.717, 1.165) is 77.0 Å². The van der Waals surface area contributed by atoms with Crippen LogP contribution in [0, 0.1) is 0 Å². The summed E-state index contributed by atoms with van der Waals surface area (Å²) >= 11 is 0. The van der Waals surface area contributed by atoms with Crippen molar-refractivity contribution in [3.8, 4) is 17.3 Å². The molecule has 3 aromatic carbocycles. The number of piperazine rings is 1. The molecule has 38 heavy (non-hydrogen) atoms. The molecule has 7 rings (SSSR count). The Labute approximate surface area is 222 Å². The van der Waals surface area contributed by atoms with Gasteiger partial charge in [-0.2, -0.15) is 5.10 Å². The Morgan fingerprint density at radius 3 is 2.53 bits per heavy atom. The molecule has 2 aromatic heterocycles. The van der Waals surface area contributed by atoms with Crippen LogP contribution >= 0.6 is 0 Å². The van der Waals surface area contributed by atoms with Gasteiger partial charge in [0.25, 0.3) is 0 Å². The zero-order valence-corrected chi connectivity index (χ0v) is 21.7. The summed E-state index contributed by atoms with van der Waals surface area (Å²) < 4.78 is 6.07. The number of fused-ring (bicyclic) bond motifs is 2. The van der Waals surface area contributed by atoms with Crippen molar-refractivity contribution >= 4 is 27.6 Å². The van der Waals surface area contributed by atoms with Crippen molar-refractivity contribution in [3.63, 3.8) is 0 Å². The van der Waals surface area contributed by atoms with Gasteiger partial charge in [-0.25, -0.2) is 4.98 Å². The van der Waals surface area contributed by atoms with E-state index in [4.69, 9.17) is 9.72 Å². The van der Waals surface area contributed by atoms with Gasteiger partial charge in [0, 0.05) is 43.3 Å². The Balaban J connectivity index is 1.09. The van der Waals surface area contributed by atoms with Gasteiger partial charge in [-0.3, -0.25) is 10.00 Å². The SMILES string of the molecule is c1ccc(COc2ccc3[nH]nc(-c4nc5ccc(N6CCN(C7CCCCC7)CC6)cc5[nH]4)c3c2)cc1. The molecule has 7 heteroatoms. The van der Waals surface area contributed by atoms with Crippen LogP contribution in [0.5, 0.6) is 5.75 Å². The number of aromatic nitrogens is 4. The zero-order chi connectivity index (χ0) is 25.3. The van der Waals surface area contributed by atoms with Crippen molar-refractivity contribution in [2.45, 2.75) is 44.8 Å². The lowest BCUT2D eigenvalue weighted by atomic mass is 9.94. The van der Waals surface area contributed by atoms with Gasteiger partial charge in [-0.15, -0.1) is 0 Å². The minimum Gasteiger partial charge on any atom is -0.489 e. The number of rotatable bonds is 6. The van der Waals surface area contributed by atoms with Crippen LogP contribution in [0.25, 0.3) is 33.5 Å². The van der Waals surface area contributed by atoms with E-state index in [-0.39, 0.29) is 0 Å². The number of nitrogens with zero attached hydrogens (tertiary/aromatic N) is 4. The molecule has 1 saturated heterocycles. The molecule has 3 heterocycles. The van der Waals surface area contributed by atoms with Gasteiger partial charge in [0.05, 0.1) is 16.6 Å². The van der Waals surface area contributed by atoms with Crippen LogP contribution in [0.15, 0.2) is 66.7 Å². The average Bonchev–Trinajstić information content (AvgIpc) is 3.60. The maximum Gasteiger partial charge on any atom is 0.159 e. The molecule has 1 aliphatic carbocycles. The van der Waals surface area contributed by atoms with Crippen LogP contribution in [0.4, 0.5) is 5.69 Å². The predicted molar refractivity (Wildman–Crippen MR) is 153 cm³/mol. The highest BCUT2D eigenvalue weighted by atomic mass is 16.5. The number of benzene rings is 3. The first kappa shape index (κ1) is 23.3. The Morgan fingerprint density at radius 2 is 1.68 bits per heavy atom. The topological polar surface area (TPSA) is 73.1 Å². The Morgan fingerprint density at radius 1 is 0.842 bits per heavy atom. The average molecular weight is 507 g/mol. The maximum absolute atomic E-state index is 6.07. The molecule has 1 saturated carbocycles. The lowest BCUT2D eigenvalue weighted by molar-refractivity contribution is 0.148. The second-order valence-electron chi connectivity index (χ2n) is 10.7. The van der Waals surface area contributed by atoms with E-state index < -0.39 is 0 Å². The Kier molecular flexibility index (Phi) is 6.21. The number of hydrogen-bond donors (Lipinski definition) is 2. The fourth-order valence-corrected chi connectivity index (χ4v) is 6.10. The molecule has 0 bridgehead atoms. The van der Waals surface area contributed by atoms with E-state index in [0.29, 0.717) is 6.61 Å². The molecule has 2 aliphatic rings. The number of nitrogens with one attached hydrogen (secondary N) is 2. The maximum atomic E-state index is 6.07. The first-order valence-electron chi connectivity index (χ1n) is 13.9. The first-order chi connectivity index (χ1) is 18.8. The lowest BCUT2D eigenvalue weighted by Crippen LogP contribution is -2.50. The molecule has 2 fully saturated rings. The molecule has 0 atom stereocenters. The number of imidazole rings is 1. The second kappa shape index (κ2) is 10.1. The van der Waals surface area contributed by atoms with Crippen LogP contribution < -0.4 is 9.64 Å². The van der Waals surface area contributed by atoms with Crippen LogP contribution in [0.2, 0.25) is 0 Å². The van der Waals surface area contributed by atoms with Crippen molar-refractivity contribution in [2.24, 2.45) is 0 Å². The summed E-state index contributed by atoms with van der Waals surface area (Å²) in [7, 11) is 0. The first-order valence-corrected chi connectivity index (χ1v) is 13.9. The molecule has 7 nitrogen and oxygen atoms in total. The molecule has 1 aliphatic heterocycles. The summed E-state index contributed by atoms with van der Waals surface area (Å²) in [5.41, 5.74) is 6.17. The van der Waals surface area contributed by atoms with Crippen molar-refractivity contribution in [1.29, 1.82) is 0 Å². The third-order valence-corrected chi connectivity index (χ3v) is 8.24. The predicted octanol–water partition coefficient (Wildman–Crippen LogP) is 6.14. The van der Waals surface area contributed by atoms with Gasteiger partial charge < -0.3 is 14.6 Å². The highest BCUT2D eigenvalue weighted by Gasteiger charge is 2.25. The molecule has 0 spiro atoms. The summed E-state index contributed by atoms with van der Waals surface area (Å²) in [6.07, 6.45) is 6.98. The molecular formula is C31H34N6O. The van der Waals surface area contributed by atoms with E-state index in [1.165, 1.54) is 37.8 Å². The van der Waals surface area contributed by atoms with Crippen LogP contribution in [0.3, 0.4) is 0 Å². The van der Waals surface area contributed by atoms with Crippen molar-refractivity contribution in [3.05, 3.63) is 72.3 Å². The number of anilines is 1. The smallest absolute Gasteiger partial charge is 0.159 e. The second-order valence-corrected chi connectivity index (χ2v) is 10.7. The molecule has 0 unspecified atom stereocenters. The van der Waals surface area contributed by atoms with Crippen LogP contribution in [0.1, 0.15) is 37.7 Å². The third kappa shape index (κ3) is 4.63. The van der Waals surface area contributed by atoms with Gasteiger partial charge >= 0.3 is 0 Å². The van der Waals surface area contributed by atoms with E-state index in [1.54, 1.807) is 0 Å². The standard InChI is InChI=1S/C31H34N6O/c1-3-7-22(8-4-1)21-38-25-12-14-27-26(20-25)30(35-34-27)31-32-28-13-11-24(19-29(28)33-31)37-17-15-36(16-18-37)23-9-5-2-6-10-23/h1,3-4,7-8,11-14,19-20,23H,2,5-6,9-10,15-18,21H2,(H,32,33)(H,34,35). The van der Waals surface area contributed by atoms with Crippen molar-refractivity contribution in [2.75, 3.05) is 31.1 Å². The largest absolute Gasteiger partial charge is 0.489 e. The summed E-state index contributed by atoms with van der Waals surface area (Å²) in [6, 6.07) is 23.6. The van der Waals surface area contributed by atoms with E-state index in [1.807, 2.05) is 36.4 Å². The lowest BCUT2D eigenvalue weighted by Gasteiger charge is -2.41. The highest BCUT2D eigenvalue weighted by Crippen LogP contribution is 2.31. The van der Waals surface area contributed by atoms with Gasteiger partial charge in [-0.1, -0.05) is 49.6 Å². The molecule has 5 aromatic rings. The van der Waals surface area contributed by atoms with E-state index in [9.17, 15) is 0 Å². The summed E-state index contributed by atoms with van der Waals surface area (Å²) in [4.78, 5) is 13.7. The van der Waals surface area contributed by atoms with Crippen molar-refractivity contribution < 1.29 is 4.74 Å². The molecule has 0 radical (unpaired) electrons. The minimum atomic E-state index is 0.530. The molecule has 194 valence electrons. The fraction of sp³-hybridized carbons (Fsp3) is 0.355. The van der Waals surface area contributed by atoms with Crippen LogP contribution in [-0.4, -0.2) is 57.3 Å². The van der Waals surface area contributed by atoms with E-state index >= 15 is 0 Å². The zero-order valence-electron chi connectivity index (χ0n) is 21.7. The quantitative estimate of drug-likeness (QED) is 0.289. The number of ether oxygens (including phenoxy) is 1. The highest BCUT2D eigenvalue weighted by molar-refractivity contribution is 5.94. The summed E-state index contributed by atoms with van der Waals surface area (Å²) in [5, 5.41) is 8.74. The van der Waals surface area contributed by atoms with Gasteiger partial charge in [-0.05, 0) is 54.8 Å². The van der Waals surface area contributed by atoms with Crippen LogP contribution in [-0.2, 0) is 6.61 Å².